The summed E-state index contributed by atoms with van der Waals surface area (Å²) < 4.78 is 0. The Morgan fingerprint density at radius 1 is 1.05 bits per heavy atom. The van der Waals surface area contributed by atoms with Crippen LogP contribution in [0.15, 0.2) is 23.8 Å². The van der Waals surface area contributed by atoms with Crippen molar-refractivity contribution in [1.82, 2.24) is 0 Å². The highest BCUT2D eigenvalue weighted by Crippen LogP contribution is 2.40. The second-order valence-electron chi connectivity index (χ2n) is 6.65. The Hall–Kier alpha value is -1.30. The number of hydrogen-bond acceptors (Lipinski definition) is 0. The van der Waals surface area contributed by atoms with Crippen LogP contribution < -0.4 is 0 Å². The van der Waals surface area contributed by atoms with E-state index in [1.165, 1.54) is 42.4 Å². The number of allylic oxidation sites excluding steroid dienone is 4. The summed E-state index contributed by atoms with van der Waals surface area (Å²) in [5.74, 6) is 0.715. The van der Waals surface area contributed by atoms with E-state index in [1.807, 2.05) is 0 Å². The van der Waals surface area contributed by atoms with E-state index < -0.39 is 0 Å². The molecule has 1 aromatic carbocycles. The minimum Gasteiger partial charge on any atom is -0.0847 e. The first kappa shape index (κ1) is 16.1. The van der Waals surface area contributed by atoms with Crippen LogP contribution >= 0.6 is 0 Å². The van der Waals surface area contributed by atoms with Crippen LogP contribution in [0.4, 0.5) is 0 Å². The van der Waals surface area contributed by atoms with Gasteiger partial charge in [0.15, 0.2) is 0 Å². The van der Waals surface area contributed by atoms with Gasteiger partial charge in [0.1, 0.15) is 0 Å². The van der Waals surface area contributed by atoms with Gasteiger partial charge in [-0.2, -0.15) is 0 Å². The van der Waals surface area contributed by atoms with Crippen molar-refractivity contribution < 1.29 is 0 Å². The average Bonchev–Trinajstić information content (AvgIpc) is 2.50. The molecule has 0 spiro atoms. The zero-order chi connectivity index (χ0) is 15.6. The van der Waals surface area contributed by atoms with Gasteiger partial charge in [0.25, 0.3) is 0 Å². The topological polar surface area (TPSA) is 0 Å². The second-order valence-corrected chi connectivity index (χ2v) is 6.65. The number of rotatable bonds is 3. The van der Waals surface area contributed by atoms with Crippen molar-refractivity contribution in [2.45, 2.75) is 73.1 Å². The molecule has 0 aromatic heterocycles. The van der Waals surface area contributed by atoms with E-state index in [0.717, 1.165) is 0 Å². The van der Waals surface area contributed by atoms with Crippen molar-refractivity contribution in [1.29, 1.82) is 0 Å². The van der Waals surface area contributed by atoms with Gasteiger partial charge >= 0.3 is 0 Å². The standard InChI is InChI=1S/C21H30/c1-7-14(2)10-8-11-19-12-9-13-20-17(5)15(3)16(4)18(6)21(19)20/h7-8,10,19H,9,11-13H2,1-6H3/b10-8+,14-7+. The Kier molecular flexibility index (Phi) is 5.08. The lowest BCUT2D eigenvalue weighted by atomic mass is 9.74. The quantitative estimate of drug-likeness (QED) is 0.574. The summed E-state index contributed by atoms with van der Waals surface area (Å²) in [4.78, 5) is 0. The average molecular weight is 282 g/mol. The maximum Gasteiger partial charge on any atom is -0.0122 e. The van der Waals surface area contributed by atoms with E-state index in [2.05, 4.69) is 59.8 Å². The van der Waals surface area contributed by atoms with Gasteiger partial charge in [-0.3, -0.25) is 0 Å². The maximum atomic E-state index is 2.37. The molecule has 0 heteroatoms. The van der Waals surface area contributed by atoms with Crippen LogP contribution in [0, 0.1) is 27.7 Å². The van der Waals surface area contributed by atoms with E-state index >= 15 is 0 Å². The molecule has 0 fully saturated rings. The van der Waals surface area contributed by atoms with Gasteiger partial charge in [-0.25, -0.2) is 0 Å². The highest BCUT2D eigenvalue weighted by Gasteiger charge is 2.24. The molecule has 2 rings (SSSR count). The highest BCUT2D eigenvalue weighted by atomic mass is 14.3. The minimum atomic E-state index is 0.715. The molecule has 1 aliphatic rings. The first-order chi connectivity index (χ1) is 9.97. The van der Waals surface area contributed by atoms with Gasteiger partial charge in [-0.05, 0) is 107 Å². The second kappa shape index (κ2) is 6.64. The van der Waals surface area contributed by atoms with Gasteiger partial charge in [0.05, 0.1) is 0 Å². The molecule has 1 aliphatic carbocycles. The summed E-state index contributed by atoms with van der Waals surface area (Å²) in [6.07, 6.45) is 12.0. The van der Waals surface area contributed by atoms with E-state index in [0.29, 0.717) is 5.92 Å². The van der Waals surface area contributed by atoms with Gasteiger partial charge in [-0.1, -0.05) is 23.8 Å². The molecule has 0 N–H and O–H groups in total. The molecule has 0 aliphatic heterocycles. The molecular formula is C21H30. The lowest BCUT2D eigenvalue weighted by Gasteiger charge is -2.30. The summed E-state index contributed by atoms with van der Waals surface area (Å²) in [7, 11) is 0. The smallest absolute Gasteiger partial charge is 0.0122 e. The van der Waals surface area contributed by atoms with Crippen LogP contribution in [0.2, 0.25) is 0 Å². The normalized spacial score (nSPS) is 19.1. The lowest BCUT2D eigenvalue weighted by molar-refractivity contribution is 0.552. The highest BCUT2D eigenvalue weighted by molar-refractivity contribution is 5.52. The van der Waals surface area contributed by atoms with Crippen molar-refractivity contribution in [3.05, 3.63) is 57.2 Å². The molecule has 0 saturated heterocycles. The Morgan fingerprint density at radius 3 is 2.38 bits per heavy atom. The Balaban J connectivity index is 2.37. The van der Waals surface area contributed by atoms with E-state index in [4.69, 9.17) is 0 Å². The fraction of sp³-hybridized carbons (Fsp3) is 0.524. The summed E-state index contributed by atoms with van der Waals surface area (Å²) in [6, 6.07) is 0. The summed E-state index contributed by atoms with van der Waals surface area (Å²) in [5.41, 5.74) is 10.8. The van der Waals surface area contributed by atoms with Gasteiger partial charge in [0.2, 0.25) is 0 Å². The molecular weight excluding hydrogens is 252 g/mol. The van der Waals surface area contributed by atoms with Crippen molar-refractivity contribution >= 4 is 0 Å². The monoisotopic (exact) mass is 282 g/mol. The molecule has 0 heterocycles. The number of benzene rings is 1. The Bertz CT molecular complexity index is 585. The maximum absolute atomic E-state index is 2.37. The van der Waals surface area contributed by atoms with E-state index in [1.54, 1.807) is 22.3 Å². The van der Waals surface area contributed by atoms with Crippen LogP contribution in [0.3, 0.4) is 0 Å². The molecule has 1 atom stereocenters. The third kappa shape index (κ3) is 3.15. The fourth-order valence-corrected chi connectivity index (χ4v) is 3.71. The van der Waals surface area contributed by atoms with Crippen molar-refractivity contribution in [2.75, 3.05) is 0 Å². The molecule has 21 heavy (non-hydrogen) atoms. The molecule has 1 aromatic rings. The predicted octanol–water partition coefficient (Wildman–Crippen LogP) is 6.25. The van der Waals surface area contributed by atoms with E-state index in [-0.39, 0.29) is 0 Å². The Morgan fingerprint density at radius 2 is 1.71 bits per heavy atom. The first-order valence-electron chi connectivity index (χ1n) is 8.36. The van der Waals surface area contributed by atoms with Crippen LogP contribution in [0.25, 0.3) is 0 Å². The molecule has 114 valence electrons. The largest absolute Gasteiger partial charge is 0.0847 e. The fourth-order valence-electron chi connectivity index (χ4n) is 3.71. The van der Waals surface area contributed by atoms with Gasteiger partial charge < -0.3 is 0 Å². The third-order valence-corrected chi connectivity index (χ3v) is 5.51. The SMILES string of the molecule is C/C=C(C)/C=C/CC1CCCc2c(C)c(C)c(C)c(C)c21. The number of fused-ring (bicyclic) bond motifs is 1. The predicted molar refractivity (Wildman–Crippen MR) is 94.3 cm³/mol. The number of hydrogen-bond donors (Lipinski definition) is 0. The minimum absolute atomic E-state index is 0.715. The first-order valence-corrected chi connectivity index (χ1v) is 8.36. The van der Waals surface area contributed by atoms with Crippen molar-refractivity contribution in [3.63, 3.8) is 0 Å². The van der Waals surface area contributed by atoms with Gasteiger partial charge in [-0.15, -0.1) is 0 Å². The third-order valence-electron chi connectivity index (χ3n) is 5.51. The molecule has 0 radical (unpaired) electrons. The molecule has 0 saturated carbocycles. The molecule has 0 bridgehead atoms. The molecule has 0 amide bonds. The van der Waals surface area contributed by atoms with Crippen LogP contribution in [0.1, 0.15) is 72.4 Å². The summed E-state index contributed by atoms with van der Waals surface area (Å²) >= 11 is 0. The lowest BCUT2D eigenvalue weighted by Crippen LogP contribution is -2.15. The van der Waals surface area contributed by atoms with Crippen molar-refractivity contribution in [3.8, 4) is 0 Å². The zero-order valence-corrected chi connectivity index (χ0v) is 14.6. The molecule has 1 unspecified atom stereocenters. The van der Waals surface area contributed by atoms with Crippen LogP contribution in [-0.2, 0) is 6.42 Å². The molecule has 0 nitrogen and oxygen atoms in total. The van der Waals surface area contributed by atoms with E-state index in [9.17, 15) is 0 Å². The van der Waals surface area contributed by atoms with Gasteiger partial charge in [0, 0.05) is 0 Å². The zero-order valence-electron chi connectivity index (χ0n) is 14.6. The van der Waals surface area contributed by atoms with Crippen LogP contribution in [0.5, 0.6) is 0 Å². The summed E-state index contributed by atoms with van der Waals surface area (Å²) in [6.45, 7) is 13.5. The van der Waals surface area contributed by atoms with Crippen LogP contribution in [-0.4, -0.2) is 0 Å². The Labute approximate surface area is 131 Å². The van der Waals surface area contributed by atoms with Crippen molar-refractivity contribution in [2.24, 2.45) is 0 Å². The summed E-state index contributed by atoms with van der Waals surface area (Å²) in [5, 5.41) is 0.